The number of halogens is 2. The highest BCUT2D eigenvalue weighted by molar-refractivity contribution is 7.92. The van der Waals surface area contributed by atoms with Crippen LogP contribution in [0.1, 0.15) is 0 Å². The second kappa shape index (κ2) is 7.64. The van der Waals surface area contributed by atoms with Crippen LogP contribution in [0.25, 0.3) is 0 Å². The van der Waals surface area contributed by atoms with Crippen LogP contribution in [-0.2, 0) is 10.0 Å². The second-order valence-corrected chi connectivity index (χ2v) is 6.85. The molecule has 0 aliphatic heterocycles. The molecule has 0 amide bonds. The van der Waals surface area contributed by atoms with Crippen molar-refractivity contribution in [3.63, 3.8) is 0 Å². The SMILES string of the molecule is O=[N+]([O-])c1ccc(NCCO)c(NS(=O)(=O)c2cccc(Cl)c2F)c1. The van der Waals surface area contributed by atoms with E-state index in [4.69, 9.17) is 16.7 Å². The molecule has 11 heteroatoms. The van der Waals surface area contributed by atoms with Gasteiger partial charge < -0.3 is 10.4 Å². The van der Waals surface area contributed by atoms with Gasteiger partial charge >= 0.3 is 0 Å². The summed E-state index contributed by atoms with van der Waals surface area (Å²) in [6, 6.07) is 6.90. The van der Waals surface area contributed by atoms with Gasteiger partial charge in [0, 0.05) is 18.7 Å². The fourth-order valence-electron chi connectivity index (χ4n) is 1.97. The number of nitrogens with one attached hydrogen (secondary N) is 2. The molecule has 25 heavy (non-hydrogen) atoms. The quantitative estimate of drug-likeness (QED) is 0.494. The zero-order chi connectivity index (χ0) is 18.6. The molecular weight excluding hydrogens is 377 g/mol. The van der Waals surface area contributed by atoms with E-state index in [0.717, 1.165) is 18.2 Å². The van der Waals surface area contributed by atoms with Crippen molar-refractivity contribution < 1.29 is 22.8 Å². The Morgan fingerprint density at radius 3 is 2.60 bits per heavy atom. The number of anilines is 2. The summed E-state index contributed by atoms with van der Waals surface area (Å²) < 4.78 is 41.0. The monoisotopic (exact) mass is 389 g/mol. The first-order valence-electron chi connectivity index (χ1n) is 6.86. The number of nitrogens with zero attached hydrogens (tertiary/aromatic N) is 1. The van der Waals surface area contributed by atoms with E-state index >= 15 is 0 Å². The van der Waals surface area contributed by atoms with Gasteiger partial charge in [-0.25, -0.2) is 12.8 Å². The Hall–Kier alpha value is -2.43. The molecule has 0 aromatic heterocycles. The molecule has 0 saturated carbocycles. The Bertz CT molecular complexity index is 907. The lowest BCUT2D eigenvalue weighted by atomic mass is 10.2. The summed E-state index contributed by atoms with van der Waals surface area (Å²) >= 11 is 5.59. The summed E-state index contributed by atoms with van der Waals surface area (Å²) in [4.78, 5) is 9.51. The minimum Gasteiger partial charge on any atom is -0.395 e. The minimum absolute atomic E-state index is 0.0814. The van der Waals surface area contributed by atoms with Gasteiger partial charge in [-0.15, -0.1) is 0 Å². The van der Waals surface area contributed by atoms with Gasteiger partial charge in [-0.05, 0) is 18.2 Å². The van der Waals surface area contributed by atoms with Crippen LogP contribution in [0.2, 0.25) is 5.02 Å². The van der Waals surface area contributed by atoms with Crippen LogP contribution in [0, 0.1) is 15.9 Å². The molecule has 0 spiro atoms. The summed E-state index contributed by atoms with van der Waals surface area (Å²) in [5.41, 5.74) is -0.341. The topological polar surface area (TPSA) is 122 Å². The number of non-ortho nitro benzene ring substituents is 1. The zero-order valence-corrected chi connectivity index (χ0v) is 14.1. The molecule has 2 rings (SSSR count). The Labute approximate surface area is 147 Å². The molecule has 0 unspecified atom stereocenters. The van der Waals surface area contributed by atoms with Crippen LogP contribution in [0.5, 0.6) is 0 Å². The molecule has 0 aliphatic carbocycles. The molecule has 2 aromatic carbocycles. The third-order valence-corrected chi connectivity index (χ3v) is 4.77. The van der Waals surface area contributed by atoms with Crippen molar-refractivity contribution in [2.24, 2.45) is 0 Å². The highest BCUT2D eigenvalue weighted by Crippen LogP contribution is 2.30. The molecule has 0 fully saturated rings. The van der Waals surface area contributed by atoms with Crippen molar-refractivity contribution in [1.29, 1.82) is 0 Å². The lowest BCUT2D eigenvalue weighted by Crippen LogP contribution is -2.17. The molecule has 8 nitrogen and oxygen atoms in total. The fraction of sp³-hybridized carbons (Fsp3) is 0.143. The molecule has 3 N–H and O–H groups in total. The van der Waals surface area contributed by atoms with E-state index in [-0.39, 0.29) is 35.2 Å². The van der Waals surface area contributed by atoms with Gasteiger partial charge in [0.05, 0.1) is 27.9 Å². The van der Waals surface area contributed by atoms with Crippen molar-refractivity contribution in [1.82, 2.24) is 0 Å². The Balaban J connectivity index is 2.47. The van der Waals surface area contributed by atoms with Crippen molar-refractivity contribution in [3.8, 4) is 0 Å². The average molecular weight is 390 g/mol. The number of sulfonamides is 1. The molecular formula is C14H13ClFN3O5S. The largest absolute Gasteiger partial charge is 0.395 e. The summed E-state index contributed by atoms with van der Waals surface area (Å²) in [6.07, 6.45) is 0. The minimum atomic E-state index is -4.39. The van der Waals surface area contributed by atoms with Crippen LogP contribution in [0.15, 0.2) is 41.3 Å². The predicted molar refractivity (Wildman–Crippen MR) is 90.9 cm³/mol. The molecule has 0 radical (unpaired) electrons. The summed E-state index contributed by atoms with van der Waals surface area (Å²) in [6.45, 7) is -0.163. The van der Waals surface area contributed by atoms with E-state index < -0.39 is 25.7 Å². The lowest BCUT2D eigenvalue weighted by Gasteiger charge is -2.14. The summed E-state index contributed by atoms with van der Waals surface area (Å²) in [5.74, 6) is -1.13. The van der Waals surface area contributed by atoms with Crippen LogP contribution < -0.4 is 10.0 Å². The van der Waals surface area contributed by atoms with Crippen LogP contribution in [0.4, 0.5) is 21.5 Å². The molecule has 2 aromatic rings. The third-order valence-electron chi connectivity index (χ3n) is 3.09. The van der Waals surface area contributed by atoms with Gasteiger partial charge in [0.2, 0.25) is 0 Å². The number of aliphatic hydroxyl groups is 1. The van der Waals surface area contributed by atoms with E-state index in [1.807, 2.05) is 0 Å². The Kier molecular flexibility index (Phi) is 5.77. The Morgan fingerprint density at radius 2 is 1.96 bits per heavy atom. The maximum atomic E-state index is 14.0. The van der Waals surface area contributed by atoms with E-state index in [1.165, 1.54) is 18.2 Å². The fourth-order valence-corrected chi connectivity index (χ4v) is 3.37. The molecule has 0 bridgehead atoms. The van der Waals surface area contributed by atoms with E-state index in [9.17, 15) is 22.9 Å². The normalized spacial score (nSPS) is 11.2. The smallest absolute Gasteiger partial charge is 0.271 e. The van der Waals surface area contributed by atoms with Gasteiger partial charge in [0.25, 0.3) is 15.7 Å². The summed E-state index contributed by atoms with van der Waals surface area (Å²) in [5, 5.41) is 22.1. The van der Waals surface area contributed by atoms with Crippen molar-refractivity contribution in [2.75, 3.05) is 23.2 Å². The van der Waals surface area contributed by atoms with Gasteiger partial charge in [-0.3, -0.25) is 14.8 Å². The van der Waals surface area contributed by atoms with Crippen LogP contribution in [-0.4, -0.2) is 31.6 Å². The first-order valence-corrected chi connectivity index (χ1v) is 8.72. The Morgan fingerprint density at radius 1 is 1.24 bits per heavy atom. The highest BCUT2D eigenvalue weighted by atomic mass is 35.5. The van der Waals surface area contributed by atoms with Gasteiger partial charge in [-0.2, -0.15) is 0 Å². The molecule has 0 atom stereocenters. The first kappa shape index (κ1) is 18.9. The lowest BCUT2D eigenvalue weighted by molar-refractivity contribution is -0.384. The number of nitro benzene ring substituents is 1. The van der Waals surface area contributed by atoms with E-state index in [1.54, 1.807) is 0 Å². The van der Waals surface area contributed by atoms with Crippen molar-refractivity contribution in [2.45, 2.75) is 4.90 Å². The highest BCUT2D eigenvalue weighted by Gasteiger charge is 2.23. The molecule has 0 saturated heterocycles. The predicted octanol–water partition coefficient (Wildman–Crippen LogP) is 2.59. The number of hydrogen-bond donors (Lipinski definition) is 3. The zero-order valence-electron chi connectivity index (χ0n) is 12.6. The third kappa shape index (κ3) is 4.35. The van der Waals surface area contributed by atoms with Gasteiger partial charge in [0.15, 0.2) is 5.82 Å². The number of hydrogen-bond acceptors (Lipinski definition) is 6. The van der Waals surface area contributed by atoms with E-state index in [0.29, 0.717) is 0 Å². The average Bonchev–Trinajstić information content (AvgIpc) is 2.55. The van der Waals surface area contributed by atoms with Gasteiger partial charge in [0.1, 0.15) is 4.90 Å². The second-order valence-electron chi connectivity index (χ2n) is 4.79. The van der Waals surface area contributed by atoms with Crippen molar-refractivity contribution in [3.05, 3.63) is 57.4 Å². The van der Waals surface area contributed by atoms with E-state index in [2.05, 4.69) is 10.0 Å². The maximum absolute atomic E-state index is 14.0. The number of nitro groups is 1. The summed E-state index contributed by atoms with van der Waals surface area (Å²) in [7, 11) is -4.39. The first-order chi connectivity index (χ1) is 11.8. The van der Waals surface area contributed by atoms with Crippen LogP contribution in [0.3, 0.4) is 0 Å². The molecule has 0 heterocycles. The maximum Gasteiger partial charge on any atom is 0.271 e. The van der Waals surface area contributed by atoms with Gasteiger partial charge in [-0.1, -0.05) is 17.7 Å². The number of aliphatic hydroxyl groups excluding tert-OH is 1. The van der Waals surface area contributed by atoms with Crippen LogP contribution >= 0.6 is 11.6 Å². The number of rotatable bonds is 7. The standard InChI is InChI=1S/C14H13ClFN3O5S/c15-10-2-1-3-13(14(10)16)25(23,24)18-12-8-9(19(21)22)4-5-11(12)17-6-7-20/h1-5,8,17-18,20H,6-7H2. The number of benzene rings is 2. The molecule has 134 valence electrons. The molecule has 0 aliphatic rings. The van der Waals surface area contributed by atoms with Crippen molar-refractivity contribution >= 4 is 38.7 Å².